The first kappa shape index (κ1) is 80.9. The van der Waals surface area contributed by atoms with Crippen LogP contribution in [-0.4, -0.2) is 168 Å². The summed E-state index contributed by atoms with van der Waals surface area (Å²) in [6.45, 7) is 1.27. The highest BCUT2D eigenvalue weighted by Gasteiger charge is 2.63. The number of aromatic nitrogens is 4. The van der Waals surface area contributed by atoms with Gasteiger partial charge in [-0.3, -0.25) is 24.0 Å². The van der Waals surface area contributed by atoms with Crippen LogP contribution in [0, 0.1) is 11.8 Å². The zero-order valence-electron chi connectivity index (χ0n) is 64.7. The number of hydrogen-bond acceptors (Lipinski definition) is 19. The molecule has 27 heteroatoms. The lowest BCUT2D eigenvalue weighted by atomic mass is 10.0. The lowest BCUT2D eigenvalue weighted by molar-refractivity contribution is -0.145. The summed E-state index contributed by atoms with van der Waals surface area (Å²) in [5.74, 6) is -3.08. The predicted octanol–water partition coefficient (Wildman–Crippen LogP) is 12.9. The van der Waals surface area contributed by atoms with E-state index in [1.807, 2.05) is 150 Å². The van der Waals surface area contributed by atoms with Crippen LogP contribution in [0.3, 0.4) is 0 Å². The van der Waals surface area contributed by atoms with Crippen molar-refractivity contribution < 1.29 is 62.4 Å². The molecule has 604 valence electrons. The standard InChI is InChI=1S/C44H50N6O6S.C36H41N5O7S.C8H11N/c51-39-36-26-32(55-40-38(37-22-13-25-57-37)46-33-19-11-12-20-34(33)47-40)28-50(36)41(52)35(48-43(54)56-31-17-9-10-18-31)21-8-3-1-2-7-16-30-27-44(30,49-39)42(53)45-24-23-29-14-5-4-6-15-29;42-31-28-19-24(47-32-30(29-17-10-18-49-29)37-25-14-8-9-15-26(25)38-32)21-41(28)33(43)27(39-35(46)48-23-12-6-7-13-23)16-5-3-1-2-4-11-22-20-36(22,40-31)34(44)45;9-7-6-8-4-2-1-3-5-8/h4-7,11-16,19-20,22,25,30-32,35-36H,1-3,8-10,17-18,21,23-24,26-28H2,(H,45,53)(H,48,54)(H,49,51);4,8-11,14-15,17-18,22-24,27-28H,1-3,5-7,12-13,16,19-21H2,(H,39,46)(H,40,42)(H,44,45);1-5H,6-7,9H2/b16-7-;11-4-;/t30?,32-,35+,36+,44+;22?,24-,27+,28+,36+;/m11./s1. The van der Waals surface area contributed by atoms with Gasteiger partial charge in [-0.25, -0.2) is 34.3 Å². The number of hydrogen-bond donors (Lipinski definition) is 7. The number of carboxylic acid groups (broad SMARTS) is 1. The van der Waals surface area contributed by atoms with Gasteiger partial charge in [-0.2, -0.15) is 0 Å². The summed E-state index contributed by atoms with van der Waals surface area (Å²) < 4.78 is 24.5. The van der Waals surface area contributed by atoms with Crippen LogP contribution in [-0.2, 0) is 51.1 Å². The van der Waals surface area contributed by atoms with E-state index in [1.165, 1.54) is 38.0 Å². The number of para-hydroxylation sites is 4. The molecule has 4 saturated carbocycles. The van der Waals surface area contributed by atoms with E-state index in [0.29, 0.717) is 78.9 Å². The fourth-order valence-corrected chi connectivity index (χ4v) is 17.9. The van der Waals surface area contributed by atoms with E-state index in [1.54, 1.807) is 0 Å². The van der Waals surface area contributed by atoms with Crippen LogP contribution in [0.5, 0.6) is 11.8 Å². The normalized spacial score (nSPS) is 25.7. The third-order valence-corrected chi connectivity index (χ3v) is 24.7. The number of alkyl carbamates (subject to hydrolysis) is 2. The quantitative estimate of drug-likeness (QED) is 0.0416. The lowest BCUT2D eigenvalue weighted by Gasteiger charge is -2.30. The van der Waals surface area contributed by atoms with E-state index in [-0.39, 0.29) is 74.1 Å². The third-order valence-electron chi connectivity index (χ3n) is 23.0. The average molecular weight is 1600 g/mol. The molecule has 16 rings (SSSR count). The molecule has 25 nitrogen and oxygen atoms in total. The molecule has 0 bridgehead atoms. The topological polar surface area (TPSA) is 338 Å². The van der Waals surface area contributed by atoms with Crippen molar-refractivity contribution in [2.24, 2.45) is 17.6 Å². The minimum Gasteiger partial charge on any atom is -0.479 e. The zero-order chi connectivity index (χ0) is 79.7. The Morgan fingerprint density at radius 1 is 0.496 bits per heavy atom. The predicted molar refractivity (Wildman–Crippen MR) is 438 cm³/mol. The summed E-state index contributed by atoms with van der Waals surface area (Å²) in [4.78, 5) is 134. The first-order chi connectivity index (χ1) is 56.1. The highest BCUT2D eigenvalue weighted by Crippen LogP contribution is 2.47. The van der Waals surface area contributed by atoms with Gasteiger partial charge < -0.3 is 66.2 Å². The first-order valence-electron chi connectivity index (χ1n) is 40.9. The Bertz CT molecular complexity index is 4760. The molecule has 8 aliphatic rings. The fourth-order valence-electron chi connectivity index (χ4n) is 16.5. The molecule has 10 atom stereocenters. The maximum absolute atomic E-state index is 14.7. The van der Waals surface area contributed by atoms with E-state index >= 15 is 0 Å². The van der Waals surface area contributed by atoms with Crippen molar-refractivity contribution >= 4 is 92.4 Å². The Labute approximate surface area is 677 Å². The molecule has 4 aliphatic heterocycles. The van der Waals surface area contributed by atoms with Crippen molar-refractivity contribution in [1.82, 2.24) is 56.3 Å². The van der Waals surface area contributed by atoms with Crippen molar-refractivity contribution in [3.63, 3.8) is 0 Å². The number of nitrogens with two attached hydrogens (primary N) is 1. The molecule has 4 aromatic carbocycles. The summed E-state index contributed by atoms with van der Waals surface area (Å²) in [5.41, 5.74) is 9.08. The summed E-state index contributed by atoms with van der Waals surface area (Å²) in [7, 11) is 0. The molecule has 7 amide bonds. The van der Waals surface area contributed by atoms with Crippen LogP contribution in [0.1, 0.15) is 152 Å². The monoisotopic (exact) mass is 1600 g/mol. The number of carbonyl (C=O) groups is 8. The van der Waals surface area contributed by atoms with Gasteiger partial charge in [-0.05, 0) is 180 Å². The molecule has 8 aromatic rings. The first-order valence-corrected chi connectivity index (χ1v) is 42.6. The van der Waals surface area contributed by atoms with Gasteiger partial charge in [0.25, 0.3) is 0 Å². The van der Waals surface area contributed by atoms with E-state index in [4.69, 9.17) is 44.6 Å². The van der Waals surface area contributed by atoms with Crippen molar-refractivity contribution in [2.45, 2.75) is 214 Å². The van der Waals surface area contributed by atoms with Gasteiger partial charge in [0.15, 0.2) is 0 Å². The number of nitrogens with one attached hydrogen (secondary N) is 5. The number of nitrogens with zero attached hydrogens (tertiary/aromatic N) is 6. The average Bonchev–Trinajstić information content (AvgIpc) is 1.58. The molecule has 0 radical (unpaired) electrons. The van der Waals surface area contributed by atoms with Crippen LogP contribution >= 0.6 is 22.7 Å². The summed E-state index contributed by atoms with van der Waals surface area (Å²) in [6, 6.07) is 39.2. The summed E-state index contributed by atoms with van der Waals surface area (Å²) in [5, 5.41) is 28.8. The Morgan fingerprint density at radius 2 is 0.913 bits per heavy atom. The molecule has 4 aromatic heterocycles. The lowest BCUT2D eigenvalue weighted by Crippen LogP contribution is -2.58. The van der Waals surface area contributed by atoms with E-state index in [2.05, 4.69) is 44.8 Å². The van der Waals surface area contributed by atoms with Gasteiger partial charge in [0.1, 0.15) is 71.0 Å². The van der Waals surface area contributed by atoms with Crippen LogP contribution in [0.4, 0.5) is 9.59 Å². The minimum absolute atomic E-state index is 0.0363. The molecule has 2 saturated heterocycles. The number of benzene rings is 4. The van der Waals surface area contributed by atoms with E-state index in [0.717, 1.165) is 124 Å². The van der Waals surface area contributed by atoms with Crippen LogP contribution in [0.15, 0.2) is 169 Å². The summed E-state index contributed by atoms with van der Waals surface area (Å²) in [6.07, 6.45) is 22.1. The maximum atomic E-state index is 14.7. The highest BCUT2D eigenvalue weighted by molar-refractivity contribution is 7.13. The number of rotatable bonds is 17. The van der Waals surface area contributed by atoms with Crippen LogP contribution < -0.4 is 41.8 Å². The largest absolute Gasteiger partial charge is 0.479 e. The third kappa shape index (κ3) is 20.4. The number of amides is 7. The molecule has 115 heavy (non-hydrogen) atoms. The molecular formula is C88H102N12O13S2. The van der Waals surface area contributed by atoms with Crippen molar-refractivity contribution in [1.29, 1.82) is 0 Å². The van der Waals surface area contributed by atoms with E-state index < -0.39 is 83.3 Å². The molecule has 4 aliphatic carbocycles. The number of carbonyl (C=O) groups excluding carboxylic acids is 7. The van der Waals surface area contributed by atoms with Gasteiger partial charge in [0.05, 0.1) is 44.9 Å². The van der Waals surface area contributed by atoms with Gasteiger partial charge in [-0.15, -0.1) is 22.7 Å². The van der Waals surface area contributed by atoms with Gasteiger partial charge in [-0.1, -0.05) is 147 Å². The number of aliphatic carboxylic acids is 1. The summed E-state index contributed by atoms with van der Waals surface area (Å²) >= 11 is 3.01. The second-order valence-corrected chi connectivity index (χ2v) is 33.1. The highest BCUT2D eigenvalue weighted by atomic mass is 32.1. The van der Waals surface area contributed by atoms with Crippen LogP contribution in [0.2, 0.25) is 0 Å². The number of thiophene rings is 2. The Hall–Kier alpha value is -10.6. The minimum atomic E-state index is -1.43. The fraction of sp³-hybridized carbons (Fsp3) is 0.455. The SMILES string of the molecule is NCCc1ccccc1.O=C(N[C@H]1CCCCC/C=C\C2C[C@]2(C(=O)NCCc2ccccc2)NC(=O)[C@@H]2C[C@@H](Oc3nc4ccccc4nc3-c3cccs3)CN2C1=O)OC1CCCC1.O=C(N[C@H]1CCCCC/C=C\C2C[C@]2(C(=O)O)NC(=O)[C@@H]2C[C@@H](Oc3nc4ccccc4nc3-c3cccs3)CN2C1=O)OC1CCCC1. The Kier molecular flexibility index (Phi) is 26.9. The molecule has 2 unspecified atom stereocenters. The number of carboxylic acids is 1. The van der Waals surface area contributed by atoms with Crippen molar-refractivity contribution in [3.8, 4) is 32.9 Å². The maximum Gasteiger partial charge on any atom is 0.408 e. The van der Waals surface area contributed by atoms with Gasteiger partial charge >= 0.3 is 18.2 Å². The van der Waals surface area contributed by atoms with Crippen molar-refractivity contribution in [3.05, 3.63) is 180 Å². The second kappa shape index (κ2) is 38.2. The molecule has 6 fully saturated rings. The van der Waals surface area contributed by atoms with Crippen molar-refractivity contribution in [2.75, 3.05) is 26.2 Å². The second-order valence-electron chi connectivity index (χ2n) is 31.2. The smallest absolute Gasteiger partial charge is 0.408 e. The molecule has 8 N–H and O–H groups in total. The zero-order valence-corrected chi connectivity index (χ0v) is 66.3. The Morgan fingerprint density at radius 3 is 1.36 bits per heavy atom. The number of fused-ring (bicyclic) bond motifs is 6. The van der Waals surface area contributed by atoms with Gasteiger partial charge in [0, 0.05) is 31.2 Å². The molecular weight excluding hydrogens is 1500 g/mol. The molecule has 0 spiro atoms. The molecule has 8 heterocycles. The number of allylic oxidation sites excluding steroid dienone is 2. The number of ether oxygens (including phenoxy) is 4. The van der Waals surface area contributed by atoms with E-state index in [9.17, 15) is 43.5 Å². The van der Waals surface area contributed by atoms with Crippen LogP contribution in [0.25, 0.3) is 43.2 Å². The Balaban J connectivity index is 0.000000173. The van der Waals surface area contributed by atoms with Gasteiger partial charge in [0.2, 0.25) is 41.3 Å².